The molecule has 0 radical (unpaired) electrons. The monoisotopic (exact) mass is 322 g/mol. The zero-order valence-electron chi connectivity index (χ0n) is 10.7. The Labute approximate surface area is 123 Å². The number of nitrogen functional groups attached to an aromatic ring is 1. The van der Waals surface area contributed by atoms with Crippen LogP contribution in [0.25, 0.3) is 0 Å². The molecule has 2 unspecified atom stereocenters. The van der Waals surface area contributed by atoms with E-state index in [4.69, 9.17) is 28.9 Å². The van der Waals surface area contributed by atoms with Crippen molar-refractivity contribution >= 4 is 38.9 Å². The minimum absolute atomic E-state index is 0.0500. The highest BCUT2D eigenvalue weighted by Gasteiger charge is 2.38. The lowest BCUT2D eigenvalue weighted by molar-refractivity contribution is 0.405. The molecular formula is C12H16Cl2N2O2S. The summed E-state index contributed by atoms with van der Waals surface area (Å²) in [6.45, 7) is 4.40. The van der Waals surface area contributed by atoms with E-state index in [0.29, 0.717) is 18.2 Å². The van der Waals surface area contributed by atoms with Crippen molar-refractivity contribution < 1.29 is 8.42 Å². The van der Waals surface area contributed by atoms with Crippen LogP contribution in [0.3, 0.4) is 0 Å². The van der Waals surface area contributed by atoms with Gasteiger partial charge in [0.25, 0.3) is 0 Å². The molecule has 1 saturated heterocycles. The van der Waals surface area contributed by atoms with Crippen LogP contribution in [0.15, 0.2) is 17.0 Å². The summed E-state index contributed by atoms with van der Waals surface area (Å²) in [6, 6.07) is 2.76. The minimum Gasteiger partial charge on any atom is -0.399 e. The Morgan fingerprint density at radius 2 is 1.79 bits per heavy atom. The van der Waals surface area contributed by atoms with Crippen molar-refractivity contribution in [3.63, 3.8) is 0 Å². The molecule has 106 valence electrons. The highest BCUT2D eigenvalue weighted by Crippen LogP contribution is 2.37. The summed E-state index contributed by atoms with van der Waals surface area (Å²) in [6.07, 6.45) is 0.837. The second kappa shape index (κ2) is 5.13. The van der Waals surface area contributed by atoms with Gasteiger partial charge in [0.2, 0.25) is 10.0 Å². The molecule has 1 fully saturated rings. The Hall–Kier alpha value is -0.490. The molecule has 1 aromatic rings. The molecule has 1 aliphatic heterocycles. The second-order valence-corrected chi connectivity index (χ2v) is 7.72. The fourth-order valence-electron chi connectivity index (χ4n) is 2.54. The Balaban J connectivity index is 2.52. The van der Waals surface area contributed by atoms with Crippen LogP contribution in [-0.2, 0) is 10.0 Å². The summed E-state index contributed by atoms with van der Waals surface area (Å²) < 4.78 is 26.8. The molecule has 2 atom stereocenters. The molecule has 1 aliphatic rings. The zero-order chi connectivity index (χ0) is 14.4. The lowest BCUT2D eigenvalue weighted by Gasteiger charge is -2.22. The van der Waals surface area contributed by atoms with Crippen LogP contribution in [0.4, 0.5) is 5.69 Å². The normalized spacial score (nSPS) is 24.8. The van der Waals surface area contributed by atoms with Gasteiger partial charge in [-0.15, -0.1) is 0 Å². The first-order chi connectivity index (χ1) is 8.73. The van der Waals surface area contributed by atoms with E-state index in [9.17, 15) is 8.42 Å². The number of hydrogen-bond donors (Lipinski definition) is 1. The van der Waals surface area contributed by atoms with Crippen LogP contribution in [0.2, 0.25) is 10.0 Å². The van der Waals surface area contributed by atoms with Gasteiger partial charge in [0.1, 0.15) is 4.90 Å². The second-order valence-electron chi connectivity index (χ2n) is 5.08. The summed E-state index contributed by atoms with van der Waals surface area (Å²) in [5.41, 5.74) is 5.94. The predicted molar refractivity (Wildman–Crippen MR) is 78.0 cm³/mol. The number of hydrogen-bond acceptors (Lipinski definition) is 3. The van der Waals surface area contributed by atoms with E-state index >= 15 is 0 Å². The Bertz CT molecular complexity index is 581. The van der Waals surface area contributed by atoms with Gasteiger partial charge in [0, 0.05) is 18.3 Å². The molecule has 19 heavy (non-hydrogen) atoms. The Morgan fingerprint density at radius 1 is 1.26 bits per heavy atom. The highest BCUT2D eigenvalue weighted by atomic mass is 35.5. The van der Waals surface area contributed by atoms with E-state index in [1.54, 1.807) is 0 Å². The van der Waals surface area contributed by atoms with Crippen molar-refractivity contribution in [1.82, 2.24) is 4.31 Å². The van der Waals surface area contributed by atoms with Crippen molar-refractivity contribution in [2.45, 2.75) is 31.2 Å². The van der Waals surface area contributed by atoms with Gasteiger partial charge in [0.15, 0.2) is 0 Å². The minimum atomic E-state index is -3.69. The van der Waals surface area contributed by atoms with Crippen LogP contribution in [-0.4, -0.2) is 25.3 Å². The van der Waals surface area contributed by atoms with E-state index in [-0.39, 0.29) is 21.0 Å². The van der Waals surface area contributed by atoms with Crippen molar-refractivity contribution in [2.75, 3.05) is 12.3 Å². The van der Waals surface area contributed by atoms with Crippen molar-refractivity contribution in [3.8, 4) is 0 Å². The summed E-state index contributed by atoms with van der Waals surface area (Å²) in [7, 11) is -3.69. The van der Waals surface area contributed by atoms with Gasteiger partial charge in [-0.25, -0.2) is 8.42 Å². The molecule has 2 rings (SSSR count). The fourth-order valence-corrected chi connectivity index (χ4v) is 5.48. The van der Waals surface area contributed by atoms with Gasteiger partial charge < -0.3 is 5.73 Å². The lowest BCUT2D eigenvalue weighted by Crippen LogP contribution is -2.34. The van der Waals surface area contributed by atoms with Gasteiger partial charge in [-0.2, -0.15) is 4.31 Å². The fraction of sp³-hybridized carbons (Fsp3) is 0.500. The summed E-state index contributed by atoms with van der Waals surface area (Å²) in [5.74, 6) is 0.330. The van der Waals surface area contributed by atoms with Crippen LogP contribution < -0.4 is 5.73 Å². The van der Waals surface area contributed by atoms with Crippen LogP contribution in [0.5, 0.6) is 0 Å². The van der Waals surface area contributed by atoms with Crippen LogP contribution in [0.1, 0.15) is 20.3 Å². The summed E-state index contributed by atoms with van der Waals surface area (Å²) in [4.78, 5) is -0.0500. The summed E-state index contributed by atoms with van der Waals surface area (Å²) in [5, 5.41) is 0.133. The smallest absolute Gasteiger partial charge is 0.246 e. The first kappa shape index (κ1) is 14.9. The molecule has 0 bridgehead atoms. The third kappa shape index (κ3) is 2.70. The topological polar surface area (TPSA) is 63.4 Å². The molecule has 2 N–H and O–H groups in total. The maximum absolute atomic E-state index is 12.7. The maximum atomic E-state index is 12.7. The molecular weight excluding hydrogens is 307 g/mol. The third-order valence-corrected chi connectivity index (χ3v) is 6.22. The first-order valence-electron chi connectivity index (χ1n) is 6.00. The number of anilines is 1. The van der Waals surface area contributed by atoms with Crippen LogP contribution >= 0.6 is 23.2 Å². The van der Waals surface area contributed by atoms with Crippen LogP contribution in [0, 0.1) is 5.92 Å². The third-order valence-electron chi connectivity index (χ3n) is 3.31. The van der Waals surface area contributed by atoms with Gasteiger partial charge in [0.05, 0.1) is 10.0 Å². The van der Waals surface area contributed by atoms with Crippen molar-refractivity contribution in [2.24, 2.45) is 5.92 Å². The molecule has 0 aliphatic carbocycles. The van der Waals surface area contributed by atoms with Gasteiger partial charge >= 0.3 is 0 Å². The average Bonchev–Trinajstić information content (AvgIpc) is 2.56. The highest BCUT2D eigenvalue weighted by molar-refractivity contribution is 7.89. The van der Waals surface area contributed by atoms with E-state index in [1.165, 1.54) is 16.4 Å². The molecule has 0 aromatic heterocycles. The van der Waals surface area contributed by atoms with E-state index in [0.717, 1.165) is 6.42 Å². The lowest BCUT2D eigenvalue weighted by atomic mass is 10.1. The molecule has 0 spiro atoms. The predicted octanol–water partition coefficient (Wildman–Crippen LogP) is 2.99. The molecule has 0 amide bonds. The zero-order valence-corrected chi connectivity index (χ0v) is 13.1. The number of benzene rings is 1. The number of rotatable bonds is 2. The van der Waals surface area contributed by atoms with Gasteiger partial charge in [-0.1, -0.05) is 30.1 Å². The molecule has 1 heterocycles. The van der Waals surface area contributed by atoms with Gasteiger partial charge in [-0.3, -0.25) is 0 Å². The quantitative estimate of drug-likeness (QED) is 0.851. The summed E-state index contributed by atoms with van der Waals surface area (Å²) >= 11 is 12.0. The molecule has 1 aromatic carbocycles. The maximum Gasteiger partial charge on any atom is 0.246 e. The standard InChI is InChI=1S/C12H16Cl2N2O2S/c1-7-3-8(2)16(6-7)19(17,18)12-10(13)4-9(15)5-11(12)14/h4-5,7-8H,3,6,15H2,1-2H3. The molecule has 0 saturated carbocycles. The Kier molecular flexibility index (Phi) is 4.02. The van der Waals surface area contributed by atoms with E-state index in [1.807, 2.05) is 13.8 Å². The van der Waals surface area contributed by atoms with E-state index < -0.39 is 10.0 Å². The largest absolute Gasteiger partial charge is 0.399 e. The van der Waals surface area contributed by atoms with Gasteiger partial charge in [-0.05, 0) is 31.4 Å². The number of nitrogens with two attached hydrogens (primary N) is 1. The number of nitrogens with zero attached hydrogens (tertiary/aromatic N) is 1. The molecule has 7 heteroatoms. The van der Waals surface area contributed by atoms with Crippen molar-refractivity contribution in [1.29, 1.82) is 0 Å². The van der Waals surface area contributed by atoms with Crippen molar-refractivity contribution in [3.05, 3.63) is 22.2 Å². The number of sulfonamides is 1. The Morgan fingerprint density at radius 3 is 2.21 bits per heavy atom. The number of halogens is 2. The first-order valence-corrected chi connectivity index (χ1v) is 8.19. The SMILES string of the molecule is CC1CC(C)N(S(=O)(=O)c2c(Cl)cc(N)cc2Cl)C1. The average molecular weight is 323 g/mol. The van der Waals surface area contributed by atoms with E-state index in [2.05, 4.69) is 0 Å². The molecule has 4 nitrogen and oxygen atoms in total.